The SMILES string of the molecule is O=C1OC2C(Sc3ccccc3)OC3COC(c4ccccc4)OC3C2O1. The number of benzene rings is 2. The molecule has 0 amide bonds. The predicted molar refractivity (Wildman–Crippen MR) is 96.1 cm³/mol. The summed E-state index contributed by atoms with van der Waals surface area (Å²) in [6.07, 6.45) is -3.02. The van der Waals surface area contributed by atoms with Crippen LogP contribution in [0.1, 0.15) is 11.9 Å². The van der Waals surface area contributed by atoms with Gasteiger partial charge in [-0.25, -0.2) is 4.79 Å². The molecule has 0 saturated carbocycles. The van der Waals surface area contributed by atoms with Crippen LogP contribution in [-0.4, -0.2) is 42.6 Å². The Bertz CT molecular complexity index is 801. The maximum absolute atomic E-state index is 11.8. The van der Waals surface area contributed by atoms with E-state index in [0.717, 1.165) is 10.5 Å². The van der Waals surface area contributed by atoms with Crippen LogP contribution in [-0.2, 0) is 23.7 Å². The van der Waals surface area contributed by atoms with Crippen LogP contribution >= 0.6 is 11.8 Å². The molecule has 2 aromatic rings. The normalized spacial score (nSPS) is 34.9. The van der Waals surface area contributed by atoms with Crippen molar-refractivity contribution >= 4 is 17.9 Å². The first kappa shape index (κ1) is 17.1. The standard InChI is InChI=1S/C20H18O6S/c21-20-25-16-15-14(11-22-18(24-15)12-7-3-1-4-8-12)23-19(17(16)26-20)27-13-9-5-2-6-10-13/h1-10,14-19H,11H2. The fraction of sp³-hybridized carbons (Fsp3) is 0.350. The van der Waals surface area contributed by atoms with Crippen LogP contribution < -0.4 is 0 Å². The summed E-state index contributed by atoms with van der Waals surface area (Å²) >= 11 is 1.51. The van der Waals surface area contributed by atoms with Gasteiger partial charge in [-0.1, -0.05) is 60.3 Å². The molecule has 0 spiro atoms. The molecule has 0 aliphatic carbocycles. The maximum atomic E-state index is 11.8. The molecular formula is C20H18O6S. The van der Waals surface area contributed by atoms with E-state index in [-0.39, 0.29) is 11.5 Å². The highest BCUT2D eigenvalue weighted by molar-refractivity contribution is 7.99. The summed E-state index contributed by atoms with van der Waals surface area (Å²) < 4.78 is 29.1. The van der Waals surface area contributed by atoms with E-state index < -0.39 is 30.8 Å². The molecule has 5 rings (SSSR count). The molecule has 0 aromatic heterocycles. The van der Waals surface area contributed by atoms with E-state index in [1.54, 1.807) is 0 Å². The van der Waals surface area contributed by atoms with Gasteiger partial charge >= 0.3 is 6.16 Å². The number of fused-ring (bicyclic) bond motifs is 3. The second kappa shape index (κ2) is 7.16. The summed E-state index contributed by atoms with van der Waals surface area (Å²) in [4.78, 5) is 12.9. The highest BCUT2D eigenvalue weighted by Crippen LogP contribution is 2.43. The van der Waals surface area contributed by atoms with Gasteiger partial charge in [-0.05, 0) is 12.1 Å². The van der Waals surface area contributed by atoms with Gasteiger partial charge in [0, 0.05) is 10.5 Å². The van der Waals surface area contributed by atoms with E-state index >= 15 is 0 Å². The lowest BCUT2D eigenvalue weighted by Crippen LogP contribution is -2.59. The van der Waals surface area contributed by atoms with Crippen molar-refractivity contribution in [2.75, 3.05) is 6.61 Å². The Hall–Kier alpha value is -2.06. The summed E-state index contributed by atoms with van der Waals surface area (Å²) in [5.74, 6) is 0. The van der Waals surface area contributed by atoms with Gasteiger partial charge in [0.05, 0.1) is 6.61 Å². The molecule has 3 aliphatic rings. The zero-order valence-corrected chi connectivity index (χ0v) is 15.1. The number of hydrogen-bond donors (Lipinski definition) is 0. The molecule has 3 fully saturated rings. The Morgan fingerprint density at radius 3 is 2.30 bits per heavy atom. The molecule has 0 bridgehead atoms. The molecule has 3 aliphatic heterocycles. The summed E-state index contributed by atoms with van der Waals surface area (Å²) in [6.45, 7) is 0.358. The highest BCUT2D eigenvalue weighted by atomic mass is 32.2. The topological polar surface area (TPSA) is 63.2 Å². The fourth-order valence-electron chi connectivity index (χ4n) is 3.56. The second-order valence-corrected chi connectivity index (χ2v) is 7.74. The Kier molecular flexibility index (Phi) is 4.53. The van der Waals surface area contributed by atoms with Crippen molar-refractivity contribution in [1.29, 1.82) is 0 Å². The molecule has 6 unspecified atom stereocenters. The molecule has 0 radical (unpaired) electrons. The van der Waals surface area contributed by atoms with E-state index in [1.807, 2.05) is 60.7 Å². The highest BCUT2D eigenvalue weighted by Gasteiger charge is 2.57. The molecule has 27 heavy (non-hydrogen) atoms. The Labute approximate surface area is 160 Å². The quantitative estimate of drug-likeness (QED) is 0.748. The van der Waals surface area contributed by atoms with Gasteiger partial charge in [-0.2, -0.15) is 0 Å². The Morgan fingerprint density at radius 2 is 1.52 bits per heavy atom. The largest absolute Gasteiger partial charge is 0.509 e. The van der Waals surface area contributed by atoms with Crippen molar-refractivity contribution in [2.45, 2.75) is 41.0 Å². The third-order valence-corrected chi connectivity index (χ3v) is 5.97. The molecule has 6 nitrogen and oxygen atoms in total. The minimum absolute atomic E-state index is 0.332. The van der Waals surface area contributed by atoms with Gasteiger partial charge < -0.3 is 23.7 Å². The zero-order valence-electron chi connectivity index (χ0n) is 14.3. The average molecular weight is 386 g/mol. The van der Waals surface area contributed by atoms with Crippen LogP contribution in [0.3, 0.4) is 0 Å². The van der Waals surface area contributed by atoms with Crippen LogP contribution in [0.5, 0.6) is 0 Å². The summed E-state index contributed by atoms with van der Waals surface area (Å²) in [5.41, 5.74) is 0.532. The van der Waals surface area contributed by atoms with Crippen molar-refractivity contribution in [3.8, 4) is 0 Å². The van der Waals surface area contributed by atoms with E-state index in [0.29, 0.717) is 6.61 Å². The maximum Gasteiger partial charge on any atom is 0.509 e. The molecule has 7 heteroatoms. The van der Waals surface area contributed by atoms with Gasteiger partial charge in [0.1, 0.15) is 17.6 Å². The monoisotopic (exact) mass is 386 g/mol. The van der Waals surface area contributed by atoms with Crippen molar-refractivity contribution < 1.29 is 28.5 Å². The predicted octanol–water partition coefficient (Wildman–Crippen LogP) is 3.52. The van der Waals surface area contributed by atoms with Gasteiger partial charge in [-0.3, -0.25) is 0 Å². The average Bonchev–Trinajstić information content (AvgIpc) is 3.11. The molecular weight excluding hydrogens is 368 g/mol. The van der Waals surface area contributed by atoms with E-state index in [2.05, 4.69) is 0 Å². The summed E-state index contributed by atoms with van der Waals surface area (Å²) in [5, 5.41) is 0. The van der Waals surface area contributed by atoms with E-state index in [4.69, 9.17) is 23.7 Å². The summed E-state index contributed by atoms with van der Waals surface area (Å²) in [7, 11) is 0. The first-order valence-electron chi connectivity index (χ1n) is 8.84. The number of carbonyl (C=O) groups excluding carboxylic acids is 1. The summed E-state index contributed by atoms with van der Waals surface area (Å²) in [6, 6.07) is 19.5. The van der Waals surface area contributed by atoms with Crippen LogP contribution in [0, 0.1) is 0 Å². The molecule has 3 heterocycles. The van der Waals surface area contributed by atoms with E-state index in [9.17, 15) is 4.79 Å². The lowest BCUT2D eigenvalue weighted by atomic mass is 9.99. The minimum Gasteiger partial charge on any atom is -0.424 e. The third-order valence-electron chi connectivity index (χ3n) is 4.82. The van der Waals surface area contributed by atoms with Gasteiger partial charge in [0.2, 0.25) is 0 Å². The molecule has 6 atom stereocenters. The number of rotatable bonds is 3. The number of hydrogen-bond acceptors (Lipinski definition) is 7. The van der Waals surface area contributed by atoms with Crippen LogP contribution in [0.25, 0.3) is 0 Å². The minimum atomic E-state index is -0.681. The zero-order chi connectivity index (χ0) is 18.2. The molecule has 2 aromatic carbocycles. The van der Waals surface area contributed by atoms with Crippen molar-refractivity contribution in [3.05, 3.63) is 66.2 Å². The van der Waals surface area contributed by atoms with Crippen LogP contribution in [0.15, 0.2) is 65.6 Å². The lowest BCUT2D eigenvalue weighted by molar-refractivity contribution is -0.305. The lowest BCUT2D eigenvalue weighted by Gasteiger charge is -2.45. The van der Waals surface area contributed by atoms with Crippen molar-refractivity contribution in [1.82, 2.24) is 0 Å². The number of carbonyl (C=O) groups is 1. The van der Waals surface area contributed by atoms with Crippen LogP contribution in [0.4, 0.5) is 4.79 Å². The van der Waals surface area contributed by atoms with E-state index in [1.165, 1.54) is 11.8 Å². The van der Waals surface area contributed by atoms with Gasteiger partial charge in [-0.15, -0.1) is 0 Å². The first-order chi connectivity index (χ1) is 13.3. The molecule has 140 valence electrons. The van der Waals surface area contributed by atoms with Crippen LogP contribution in [0.2, 0.25) is 0 Å². The fourth-order valence-corrected chi connectivity index (χ4v) is 4.69. The number of thioether (sulfide) groups is 1. The molecule has 3 saturated heterocycles. The number of ether oxygens (including phenoxy) is 5. The second-order valence-electron chi connectivity index (χ2n) is 6.57. The smallest absolute Gasteiger partial charge is 0.424 e. The Morgan fingerprint density at radius 1 is 0.815 bits per heavy atom. The Balaban J connectivity index is 1.37. The van der Waals surface area contributed by atoms with Gasteiger partial charge in [0.25, 0.3) is 0 Å². The van der Waals surface area contributed by atoms with Gasteiger partial charge in [0.15, 0.2) is 18.5 Å². The van der Waals surface area contributed by atoms with Crippen molar-refractivity contribution in [3.63, 3.8) is 0 Å². The molecule has 0 N–H and O–H groups in total. The first-order valence-corrected chi connectivity index (χ1v) is 9.72. The van der Waals surface area contributed by atoms with Crippen molar-refractivity contribution in [2.24, 2.45) is 0 Å². The third kappa shape index (κ3) is 3.32.